The van der Waals surface area contributed by atoms with Crippen LogP contribution in [0.25, 0.3) is 11.1 Å². The first-order valence-corrected chi connectivity index (χ1v) is 8.15. The summed E-state index contributed by atoms with van der Waals surface area (Å²) >= 11 is 6.41. The molecule has 116 valence electrons. The van der Waals surface area contributed by atoms with E-state index >= 15 is 0 Å². The van der Waals surface area contributed by atoms with E-state index in [9.17, 15) is 0 Å². The van der Waals surface area contributed by atoms with Crippen LogP contribution in [0.3, 0.4) is 0 Å². The minimum absolute atomic E-state index is 0.479. The number of aromatic nitrogens is 2. The summed E-state index contributed by atoms with van der Waals surface area (Å²) in [5.41, 5.74) is 8.65. The summed E-state index contributed by atoms with van der Waals surface area (Å²) in [6, 6.07) is 8.58. The van der Waals surface area contributed by atoms with E-state index in [-0.39, 0.29) is 0 Å². The maximum absolute atomic E-state index is 6.41. The van der Waals surface area contributed by atoms with E-state index in [0.717, 1.165) is 22.5 Å². The van der Waals surface area contributed by atoms with Gasteiger partial charge in [0.15, 0.2) is 0 Å². The lowest BCUT2D eigenvalue weighted by atomic mass is 10.1. The Bertz CT molecular complexity index is 648. The molecule has 1 fully saturated rings. The van der Waals surface area contributed by atoms with E-state index in [4.69, 9.17) is 17.3 Å². The fourth-order valence-corrected chi connectivity index (χ4v) is 3.29. The van der Waals surface area contributed by atoms with Crippen LogP contribution in [0.5, 0.6) is 0 Å². The summed E-state index contributed by atoms with van der Waals surface area (Å²) in [5.74, 6) is 1.53. The molecule has 0 amide bonds. The number of aryl methyl sites for hydroxylation is 1. The molecule has 1 aromatic heterocycles. The number of rotatable bonds is 4. The Morgan fingerprint density at radius 1 is 1.18 bits per heavy atom. The number of benzene rings is 1. The lowest BCUT2D eigenvalue weighted by Gasteiger charge is -2.17. The van der Waals surface area contributed by atoms with Gasteiger partial charge in [-0.1, -0.05) is 48.7 Å². The van der Waals surface area contributed by atoms with Crippen molar-refractivity contribution >= 4 is 17.4 Å². The Morgan fingerprint density at radius 2 is 1.86 bits per heavy atom. The van der Waals surface area contributed by atoms with Gasteiger partial charge in [-0.25, -0.2) is 9.97 Å². The monoisotopic (exact) mass is 316 g/mol. The van der Waals surface area contributed by atoms with E-state index in [1.807, 2.05) is 31.2 Å². The van der Waals surface area contributed by atoms with Gasteiger partial charge < -0.3 is 11.1 Å². The molecule has 3 N–H and O–H groups in total. The first kappa shape index (κ1) is 15.3. The van der Waals surface area contributed by atoms with E-state index < -0.39 is 0 Å². The third-order valence-corrected chi connectivity index (χ3v) is 4.42. The minimum Gasteiger partial charge on any atom is -0.367 e. The van der Waals surface area contributed by atoms with Crippen molar-refractivity contribution in [2.24, 2.45) is 5.73 Å². The molecule has 0 saturated heterocycles. The van der Waals surface area contributed by atoms with E-state index in [1.54, 1.807) is 0 Å². The van der Waals surface area contributed by atoms with Crippen molar-refractivity contribution in [3.63, 3.8) is 0 Å². The molecule has 1 saturated carbocycles. The van der Waals surface area contributed by atoms with Gasteiger partial charge >= 0.3 is 0 Å². The molecule has 0 spiro atoms. The van der Waals surface area contributed by atoms with Crippen molar-refractivity contribution in [3.05, 3.63) is 40.8 Å². The molecule has 0 unspecified atom stereocenters. The highest BCUT2D eigenvalue weighted by molar-refractivity contribution is 6.32. The third kappa shape index (κ3) is 3.23. The van der Waals surface area contributed by atoms with Crippen LogP contribution in [0.4, 0.5) is 5.82 Å². The topological polar surface area (TPSA) is 63.8 Å². The van der Waals surface area contributed by atoms with E-state index in [2.05, 4.69) is 15.3 Å². The maximum Gasteiger partial charge on any atom is 0.142 e. The summed E-state index contributed by atoms with van der Waals surface area (Å²) in [7, 11) is 0. The smallest absolute Gasteiger partial charge is 0.142 e. The van der Waals surface area contributed by atoms with Crippen molar-refractivity contribution < 1.29 is 0 Å². The average Bonchev–Trinajstić information content (AvgIpc) is 3.00. The molecule has 1 aliphatic rings. The van der Waals surface area contributed by atoms with Gasteiger partial charge in [0.25, 0.3) is 0 Å². The lowest BCUT2D eigenvalue weighted by molar-refractivity contribution is 0.749. The number of nitrogens with one attached hydrogen (secondary N) is 1. The van der Waals surface area contributed by atoms with Gasteiger partial charge in [0.2, 0.25) is 0 Å². The second-order valence-electron chi connectivity index (χ2n) is 5.81. The predicted molar refractivity (Wildman–Crippen MR) is 91.0 cm³/mol. The quantitative estimate of drug-likeness (QED) is 0.839. The molecular weight excluding hydrogens is 296 g/mol. The zero-order valence-corrected chi connectivity index (χ0v) is 13.5. The third-order valence-electron chi connectivity index (χ3n) is 4.15. The average molecular weight is 317 g/mol. The maximum atomic E-state index is 6.41. The molecule has 1 aliphatic carbocycles. The Labute approximate surface area is 136 Å². The zero-order chi connectivity index (χ0) is 15.5. The van der Waals surface area contributed by atoms with E-state index in [1.165, 1.54) is 25.7 Å². The van der Waals surface area contributed by atoms with Crippen molar-refractivity contribution in [1.82, 2.24) is 9.97 Å². The SMILES string of the molecule is Cc1nc(Cl)c(-c2ccc(CN)cc2)c(NC2CCCC2)n1. The molecule has 0 radical (unpaired) electrons. The molecule has 5 heteroatoms. The summed E-state index contributed by atoms with van der Waals surface area (Å²) in [6.45, 7) is 2.40. The molecule has 0 bridgehead atoms. The van der Waals surface area contributed by atoms with Crippen LogP contribution in [-0.2, 0) is 6.54 Å². The lowest BCUT2D eigenvalue weighted by Crippen LogP contribution is -2.17. The molecule has 4 nitrogen and oxygen atoms in total. The summed E-state index contributed by atoms with van der Waals surface area (Å²) < 4.78 is 0. The van der Waals surface area contributed by atoms with Gasteiger partial charge in [0.1, 0.15) is 16.8 Å². The molecule has 22 heavy (non-hydrogen) atoms. The number of nitrogens with two attached hydrogens (primary N) is 1. The fraction of sp³-hybridized carbons (Fsp3) is 0.412. The predicted octanol–water partition coefficient (Wildman–Crippen LogP) is 3.92. The van der Waals surface area contributed by atoms with Crippen LogP contribution < -0.4 is 11.1 Å². The van der Waals surface area contributed by atoms with E-state index in [0.29, 0.717) is 23.6 Å². The van der Waals surface area contributed by atoms with Crippen LogP contribution in [0, 0.1) is 6.92 Å². The number of anilines is 1. The number of hydrogen-bond acceptors (Lipinski definition) is 4. The second kappa shape index (κ2) is 6.63. The largest absolute Gasteiger partial charge is 0.367 e. The summed E-state index contributed by atoms with van der Waals surface area (Å²) in [5, 5.41) is 4.05. The van der Waals surface area contributed by atoms with Crippen LogP contribution >= 0.6 is 11.6 Å². The van der Waals surface area contributed by atoms with Crippen LogP contribution in [0.1, 0.15) is 37.1 Å². The minimum atomic E-state index is 0.479. The number of nitrogens with zero attached hydrogens (tertiary/aromatic N) is 2. The molecule has 1 heterocycles. The molecule has 0 aliphatic heterocycles. The van der Waals surface area contributed by atoms with Crippen LogP contribution in [0.15, 0.2) is 24.3 Å². The highest BCUT2D eigenvalue weighted by Crippen LogP contribution is 2.34. The highest BCUT2D eigenvalue weighted by Gasteiger charge is 2.20. The zero-order valence-electron chi connectivity index (χ0n) is 12.8. The normalized spacial score (nSPS) is 15.2. The van der Waals surface area contributed by atoms with Crippen LogP contribution in [-0.4, -0.2) is 16.0 Å². The molecule has 2 aromatic rings. The summed E-state index contributed by atoms with van der Waals surface area (Å²) in [4.78, 5) is 8.90. The van der Waals surface area contributed by atoms with Crippen LogP contribution in [0.2, 0.25) is 5.15 Å². The molecular formula is C17H21ClN4. The van der Waals surface area contributed by atoms with Crippen molar-refractivity contribution in [1.29, 1.82) is 0 Å². The molecule has 1 aromatic carbocycles. The number of hydrogen-bond donors (Lipinski definition) is 2. The van der Waals surface area contributed by atoms with Gasteiger partial charge in [0, 0.05) is 12.6 Å². The molecule has 0 atom stereocenters. The highest BCUT2D eigenvalue weighted by atomic mass is 35.5. The number of halogens is 1. The Balaban J connectivity index is 1.99. The summed E-state index contributed by atoms with van der Waals surface area (Å²) in [6.07, 6.45) is 4.92. The van der Waals surface area contributed by atoms with Crippen molar-refractivity contribution in [3.8, 4) is 11.1 Å². The molecule has 3 rings (SSSR count). The van der Waals surface area contributed by atoms with Crippen molar-refractivity contribution in [2.75, 3.05) is 5.32 Å². The Hall–Kier alpha value is -1.65. The van der Waals surface area contributed by atoms with Gasteiger partial charge in [-0.15, -0.1) is 0 Å². The second-order valence-corrected chi connectivity index (χ2v) is 6.17. The first-order chi connectivity index (χ1) is 10.7. The first-order valence-electron chi connectivity index (χ1n) is 7.77. The van der Waals surface area contributed by atoms with Crippen molar-refractivity contribution in [2.45, 2.75) is 45.2 Å². The standard InChI is InChI=1S/C17H21ClN4/c1-11-20-16(18)15(13-8-6-12(10-19)7-9-13)17(21-11)22-14-4-2-3-5-14/h6-9,14H,2-5,10,19H2,1H3,(H,20,21,22). The Kier molecular flexibility index (Phi) is 4.60. The van der Waals surface area contributed by atoms with Gasteiger partial charge in [-0.2, -0.15) is 0 Å². The fourth-order valence-electron chi connectivity index (χ4n) is 2.97. The Morgan fingerprint density at radius 3 is 2.50 bits per heavy atom. The van der Waals surface area contributed by atoms with Gasteiger partial charge in [-0.05, 0) is 30.9 Å². The van der Waals surface area contributed by atoms with Gasteiger partial charge in [0.05, 0.1) is 5.56 Å². The van der Waals surface area contributed by atoms with Gasteiger partial charge in [-0.3, -0.25) is 0 Å².